The molecule has 0 amide bonds. The molecule has 8 aromatic heterocycles. The van der Waals surface area contributed by atoms with Gasteiger partial charge in [-0.2, -0.15) is 0 Å². The first kappa shape index (κ1) is 74.4. The average Bonchev–Trinajstić information content (AvgIpc) is 1.66. The maximum atomic E-state index is 7.04. The smallest absolute Gasteiger partial charge is 0.170 e. The molecule has 0 aromatic carbocycles. The van der Waals surface area contributed by atoms with Crippen LogP contribution in [0.1, 0.15) is 325 Å². The third-order valence-electron chi connectivity index (χ3n) is 19.3. The van der Waals surface area contributed by atoms with Crippen LogP contribution in [-0.2, 0) is 51.4 Å². The Morgan fingerprint density at radius 2 is 0.375 bits per heavy atom. The summed E-state index contributed by atoms with van der Waals surface area (Å²) in [6.07, 6.45) is 46.4. The van der Waals surface area contributed by atoms with Crippen molar-refractivity contribution in [3.8, 4) is 113 Å². The van der Waals surface area contributed by atoms with E-state index in [1.807, 2.05) is 0 Å². The van der Waals surface area contributed by atoms with Crippen LogP contribution in [0.15, 0.2) is 66.2 Å². The van der Waals surface area contributed by atoms with Crippen LogP contribution < -0.4 is 0 Å². The molecule has 0 N–H and O–H groups in total. The summed E-state index contributed by atoms with van der Waals surface area (Å²) in [5.74, 6) is 35.5. The number of fused-ring (bicyclic) bond motifs is 22. The van der Waals surface area contributed by atoms with E-state index in [0.717, 1.165) is 168 Å². The summed E-state index contributed by atoms with van der Waals surface area (Å²) < 4.78 is 28.2. The molecule has 0 atom stereocenters. The number of hydrogen-bond acceptors (Lipinski definition) is 8. The Bertz CT molecular complexity index is 3400. The minimum Gasteiger partial charge on any atom is -0.452 e. The van der Waals surface area contributed by atoms with Crippen molar-refractivity contribution in [1.82, 2.24) is 0 Å². The van der Waals surface area contributed by atoms with Crippen molar-refractivity contribution in [2.75, 3.05) is 0 Å². The Balaban J connectivity index is 1.24. The van der Waals surface area contributed by atoms with Crippen LogP contribution in [0.25, 0.3) is 65.6 Å². The Morgan fingerprint density at radius 3 is 0.552 bits per heavy atom. The average molecular weight is 1360 g/mol. The molecule has 1 aliphatic heterocycles. The quantitative estimate of drug-likeness (QED) is 0.0284. The first-order chi connectivity index (χ1) is 47.4. The highest BCUT2D eigenvalue weighted by molar-refractivity contribution is 7.17. The highest BCUT2D eigenvalue weighted by atomic mass is 32.1. The van der Waals surface area contributed by atoms with E-state index in [2.05, 4.69) is 151 Å². The molecule has 512 valence electrons. The van der Waals surface area contributed by atoms with Gasteiger partial charge in [0.1, 0.15) is 23.0 Å². The molecule has 0 radical (unpaired) electrons. The van der Waals surface area contributed by atoms with Gasteiger partial charge in [0.2, 0.25) is 0 Å². The lowest BCUT2D eigenvalue weighted by atomic mass is 9.96. The van der Waals surface area contributed by atoms with Crippen molar-refractivity contribution in [1.29, 1.82) is 0 Å². The predicted octanol–water partition coefficient (Wildman–Crippen LogP) is 28.4. The van der Waals surface area contributed by atoms with Crippen molar-refractivity contribution in [3.63, 3.8) is 0 Å². The standard InChI is InChI=1S/C88H112O4S4/c1-9-17-25-33-45-65-69(49-37-29-21-13-5)85-77-61-57-73(89-77)74-58-62-78(90-74)87-71(51-39-31-23-15-7)67(47-35-27-19-11-3)83(95-87)55-43-44-56-84-68(48-36-28-20-12-4)72(52-40-32-24-16-8)88(96-84)80-64-60-76(92-80)75-59-63-79(91-75)86-70(50-38-30-22-14-6)66(46-34-26-18-10-2)82(94-86)54-42-41-53-81(65)93-85/h57-64H,9-40,45-52H2,1-8H3. The second-order valence-corrected chi connectivity index (χ2v) is 31.1. The van der Waals surface area contributed by atoms with E-state index in [4.69, 9.17) is 17.7 Å². The van der Waals surface area contributed by atoms with E-state index < -0.39 is 0 Å². The molecule has 0 fully saturated rings. The van der Waals surface area contributed by atoms with Gasteiger partial charge in [0.15, 0.2) is 23.0 Å². The summed E-state index contributed by atoms with van der Waals surface area (Å²) in [5.41, 5.74) is 11.2. The second kappa shape index (κ2) is 40.9. The zero-order chi connectivity index (χ0) is 67.1. The van der Waals surface area contributed by atoms with Gasteiger partial charge >= 0.3 is 0 Å². The summed E-state index contributed by atoms with van der Waals surface area (Å²) in [7, 11) is 0. The van der Waals surface area contributed by atoms with Gasteiger partial charge in [0, 0.05) is 0 Å². The number of unbranched alkanes of at least 4 members (excludes halogenated alkanes) is 24. The Kier molecular flexibility index (Phi) is 31.7. The maximum absolute atomic E-state index is 7.04. The number of thiophene rings is 4. The van der Waals surface area contributed by atoms with Crippen molar-refractivity contribution < 1.29 is 17.7 Å². The highest BCUT2D eigenvalue weighted by Gasteiger charge is 2.27. The van der Waals surface area contributed by atoms with Gasteiger partial charge in [-0.05, 0) is 243 Å². The van der Waals surface area contributed by atoms with Gasteiger partial charge in [0.25, 0.3) is 0 Å². The number of hydrogen-bond donors (Lipinski definition) is 0. The number of furan rings is 4. The minimum absolute atomic E-state index is 0.751. The zero-order valence-electron chi connectivity index (χ0n) is 60.2. The van der Waals surface area contributed by atoms with Crippen LogP contribution in [0.5, 0.6) is 0 Å². The Morgan fingerprint density at radius 1 is 0.208 bits per heavy atom. The van der Waals surface area contributed by atoms with Crippen molar-refractivity contribution >= 4 is 45.3 Å². The molecule has 0 unspecified atom stereocenters. The molecule has 4 nitrogen and oxygen atoms in total. The predicted molar refractivity (Wildman–Crippen MR) is 416 cm³/mol. The third kappa shape index (κ3) is 20.6. The SMILES string of the molecule is CCCCCCc1c2sc(c1CCCCCC)-c1ccc(o1)-c1ccc(o1)-c1sc(c(CCCCCC)c1CCCCCC)C#CC#Cc1sc(c(CCCCCC)c1CCCCCC)-c1ccc(o1)-c1ccc(o1)-c1sc(c(CCCCCC)c1CCCCCC)C#CC#C2. The van der Waals surface area contributed by atoms with Crippen LogP contribution in [0.2, 0.25) is 0 Å². The van der Waals surface area contributed by atoms with Gasteiger partial charge in [0.05, 0.1) is 39.0 Å². The van der Waals surface area contributed by atoms with E-state index in [1.165, 1.54) is 218 Å². The molecule has 9 heterocycles. The van der Waals surface area contributed by atoms with E-state index >= 15 is 0 Å². The summed E-state index contributed by atoms with van der Waals surface area (Å²) in [4.78, 5) is 9.30. The third-order valence-corrected chi connectivity index (χ3v) is 24.2. The molecule has 8 aromatic rings. The molecule has 8 heteroatoms. The summed E-state index contributed by atoms with van der Waals surface area (Å²) >= 11 is 7.21. The number of rotatable bonds is 40. The molecular weight excluding hydrogens is 1250 g/mol. The van der Waals surface area contributed by atoms with Gasteiger partial charge in [-0.15, -0.1) is 45.3 Å². The second-order valence-electron chi connectivity index (χ2n) is 27.0. The molecular formula is C88H112O4S4. The lowest BCUT2D eigenvalue weighted by molar-refractivity contribution is 0.539. The zero-order valence-corrected chi connectivity index (χ0v) is 63.4. The molecule has 0 saturated heterocycles. The summed E-state index contributed by atoms with van der Waals surface area (Å²) in [6.45, 7) is 18.4. The Labute approximate surface area is 596 Å². The topological polar surface area (TPSA) is 52.6 Å². The van der Waals surface area contributed by atoms with Crippen molar-refractivity contribution in [3.05, 3.63) is 113 Å². The fraction of sp³-hybridized carbons (Fsp3) is 0.545. The van der Waals surface area contributed by atoms with Gasteiger partial charge < -0.3 is 17.7 Å². The molecule has 0 saturated carbocycles. The van der Waals surface area contributed by atoms with E-state index in [0.29, 0.717) is 0 Å². The van der Waals surface area contributed by atoms with Crippen LogP contribution in [0.4, 0.5) is 0 Å². The van der Waals surface area contributed by atoms with E-state index in [1.54, 1.807) is 45.3 Å². The summed E-state index contributed by atoms with van der Waals surface area (Å²) in [5, 5.41) is 0. The van der Waals surface area contributed by atoms with Crippen molar-refractivity contribution in [2.45, 2.75) is 312 Å². The van der Waals surface area contributed by atoms with Crippen LogP contribution >= 0.6 is 45.3 Å². The van der Waals surface area contributed by atoms with Crippen LogP contribution in [-0.4, -0.2) is 0 Å². The van der Waals surface area contributed by atoms with Crippen LogP contribution in [0, 0.1) is 47.4 Å². The van der Waals surface area contributed by atoms with Gasteiger partial charge in [-0.1, -0.05) is 209 Å². The molecule has 0 spiro atoms. The highest BCUT2D eigenvalue weighted by Crippen LogP contribution is 2.47. The van der Waals surface area contributed by atoms with Crippen LogP contribution in [0.3, 0.4) is 0 Å². The molecule has 96 heavy (non-hydrogen) atoms. The first-order valence-corrected chi connectivity index (χ1v) is 41.7. The lowest BCUT2D eigenvalue weighted by Crippen LogP contribution is -1.96. The van der Waals surface area contributed by atoms with E-state index in [9.17, 15) is 0 Å². The minimum atomic E-state index is 0.751. The Hall–Kier alpha value is -5.84. The van der Waals surface area contributed by atoms with Crippen molar-refractivity contribution in [2.24, 2.45) is 0 Å². The molecule has 9 rings (SSSR count). The fourth-order valence-corrected chi connectivity index (χ4v) is 18.7. The molecule has 1 aliphatic rings. The monoisotopic (exact) mass is 1360 g/mol. The molecule has 0 aliphatic carbocycles. The summed E-state index contributed by atoms with van der Waals surface area (Å²) in [6, 6.07) is 17.2. The first-order valence-electron chi connectivity index (χ1n) is 38.4. The van der Waals surface area contributed by atoms with Gasteiger partial charge in [-0.3, -0.25) is 0 Å². The maximum Gasteiger partial charge on any atom is 0.170 e. The normalized spacial score (nSPS) is 11.8. The largest absolute Gasteiger partial charge is 0.452 e. The fourth-order valence-electron chi connectivity index (χ4n) is 13.9. The lowest BCUT2D eigenvalue weighted by Gasteiger charge is -2.08. The van der Waals surface area contributed by atoms with E-state index in [-0.39, 0.29) is 0 Å². The molecule has 16 bridgehead atoms. The van der Waals surface area contributed by atoms with Gasteiger partial charge in [-0.25, -0.2) is 0 Å².